The number of nitrogens with zero attached hydrogens (tertiary/aromatic N) is 2. The second-order valence-corrected chi connectivity index (χ2v) is 8.21. The maximum atomic E-state index is 12.6. The maximum absolute atomic E-state index is 12.6. The molecule has 0 unspecified atom stereocenters. The van der Waals surface area contributed by atoms with E-state index >= 15 is 0 Å². The molecule has 7 nitrogen and oxygen atoms in total. The topological polar surface area (TPSA) is 95.7 Å². The highest BCUT2D eigenvalue weighted by Gasteiger charge is 2.24. The average molecular weight is 354 g/mol. The molecule has 24 heavy (non-hydrogen) atoms. The van der Waals surface area contributed by atoms with Crippen molar-refractivity contribution in [2.75, 3.05) is 45.2 Å². The van der Waals surface area contributed by atoms with Crippen LogP contribution in [-0.2, 0) is 10.0 Å². The minimum Gasteiger partial charge on any atom is -0.371 e. The molecule has 1 amide bonds. The normalized spacial score (nSPS) is 15.1. The number of nitrogens with one attached hydrogen (secondary N) is 1. The summed E-state index contributed by atoms with van der Waals surface area (Å²) in [4.78, 5) is 14.8. The van der Waals surface area contributed by atoms with E-state index in [0.717, 1.165) is 35.9 Å². The Kier molecular flexibility index (Phi) is 6.20. The van der Waals surface area contributed by atoms with E-state index in [1.54, 1.807) is 12.1 Å². The molecule has 134 valence electrons. The van der Waals surface area contributed by atoms with Crippen molar-refractivity contribution in [2.45, 2.75) is 24.2 Å². The highest BCUT2D eigenvalue weighted by Crippen LogP contribution is 2.28. The third-order valence-corrected chi connectivity index (χ3v) is 5.92. The van der Waals surface area contributed by atoms with Gasteiger partial charge in [0, 0.05) is 39.4 Å². The third-order valence-electron chi connectivity index (χ3n) is 4.10. The first-order chi connectivity index (χ1) is 11.4. The molecular formula is C16H26N4O3S. The van der Waals surface area contributed by atoms with Crippen molar-refractivity contribution < 1.29 is 13.2 Å². The van der Waals surface area contributed by atoms with Crippen LogP contribution in [0.2, 0.25) is 0 Å². The van der Waals surface area contributed by atoms with Gasteiger partial charge in [-0.25, -0.2) is 12.7 Å². The first-order valence-corrected chi connectivity index (χ1v) is 9.61. The number of hydrogen-bond acceptors (Lipinski definition) is 5. The first-order valence-electron chi connectivity index (χ1n) is 8.17. The van der Waals surface area contributed by atoms with Crippen LogP contribution in [0.3, 0.4) is 0 Å². The van der Waals surface area contributed by atoms with Crippen LogP contribution in [0.5, 0.6) is 0 Å². The Morgan fingerprint density at radius 3 is 2.54 bits per heavy atom. The van der Waals surface area contributed by atoms with Crippen LogP contribution in [0.25, 0.3) is 0 Å². The lowest BCUT2D eigenvalue weighted by atomic mass is 10.1. The zero-order valence-corrected chi connectivity index (χ0v) is 15.1. The molecule has 1 aromatic rings. The van der Waals surface area contributed by atoms with Crippen LogP contribution in [0.4, 0.5) is 5.69 Å². The fraction of sp³-hybridized carbons (Fsp3) is 0.562. The average Bonchev–Trinajstić information content (AvgIpc) is 3.08. The molecule has 1 heterocycles. The largest absolute Gasteiger partial charge is 0.371 e. The van der Waals surface area contributed by atoms with E-state index in [4.69, 9.17) is 5.73 Å². The Labute approximate surface area is 143 Å². The van der Waals surface area contributed by atoms with Gasteiger partial charge in [0.1, 0.15) is 0 Å². The second kappa shape index (κ2) is 7.96. The predicted octanol–water partition coefficient (Wildman–Crippen LogP) is 0.616. The number of sulfonamides is 1. The van der Waals surface area contributed by atoms with E-state index in [0.29, 0.717) is 25.1 Å². The van der Waals surface area contributed by atoms with Crippen LogP contribution in [0.15, 0.2) is 23.1 Å². The maximum Gasteiger partial charge on any atom is 0.253 e. The molecule has 1 saturated heterocycles. The molecule has 0 bridgehead atoms. The van der Waals surface area contributed by atoms with E-state index in [-0.39, 0.29) is 10.8 Å². The molecule has 3 N–H and O–H groups in total. The summed E-state index contributed by atoms with van der Waals surface area (Å²) in [7, 11) is -0.630. The van der Waals surface area contributed by atoms with Crippen LogP contribution in [0.1, 0.15) is 29.6 Å². The van der Waals surface area contributed by atoms with Gasteiger partial charge in [-0.2, -0.15) is 0 Å². The molecule has 0 saturated carbocycles. The fourth-order valence-electron chi connectivity index (χ4n) is 2.70. The Balaban J connectivity index is 2.39. The first kappa shape index (κ1) is 18.7. The minimum absolute atomic E-state index is 0.124. The molecule has 8 heteroatoms. The molecule has 0 aliphatic carbocycles. The summed E-state index contributed by atoms with van der Waals surface area (Å²) in [5.41, 5.74) is 6.64. The van der Waals surface area contributed by atoms with Crippen molar-refractivity contribution in [1.82, 2.24) is 9.62 Å². The summed E-state index contributed by atoms with van der Waals surface area (Å²) in [5.74, 6) is -0.263. The number of carbonyl (C=O) groups is 1. The van der Waals surface area contributed by atoms with Crippen LogP contribution in [-0.4, -0.2) is 58.9 Å². The van der Waals surface area contributed by atoms with E-state index in [9.17, 15) is 13.2 Å². The Morgan fingerprint density at radius 1 is 1.29 bits per heavy atom. The van der Waals surface area contributed by atoms with Gasteiger partial charge in [-0.05, 0) is 44.0 Å². The molecule has 0 aromatic heterocycles. The van der Waals surface area contributed by atoms with E-state index in [1.165, 1.54) is 20.2 Å². The van der Waals surface area contributed by atoms with Gasteiger partial charge in [0.15, 0.2) is 0 Å². The fourth-order valence-corrected chi connectivity index (χ4v) is 3.63. The Morgan fingerprint density at radius 2 is 1.96 bits per heavy atom. The lowest BCUT2D eigenvalue weighted by Gasteiger charge is -2.22. The van der Waals surface area contributed by atoms with Gasteiger partial charge in [-0.1, -0.05) is 0 Å². The smallest absolute Gasteiger partial charge is 0.253 e. The Bertz CT molecular complexity index is 683. The molecule has 0 radical (unpaired) electrons. The highest BCUT2D eigenvalue weighted by molar-refractivity contribution is 7.89. The molecule has 1 aliphatic rings. The number of amides is 1. The monoisotopic (exact) mass is 354 g/mol. The minimum atomic E-state index is -3.58. The molecule has 0 spiro atoms. The van der Waals surface area contributed by atoms with Gasteiger partial charge in [0.2, 0.25) is 10.0 Å². The van der Waals surface area contributed by atoms with E-state index in [1.807, 2.05) is 0 Å². The van der Waals surface area contributed by atoms with Crippen LogP contribution < -0.4 is 16.0 Å². The zero-order chi connectivity index (χ0) is 17.7. The number of hydrogen-bond donors (Lipinski definition) is 2. The van der Waals surface area contributed by atoms with Crippen molar-refractivity contribution in [3.8, 4) is 0 Å². The van der Waals surface area contributed by atoms with Crippen molar-refractivity contribution >= 4 is 21.6 Å². The summed E-state index contributed by atoms with van der Waals surface area (Å²) in [6.45, 7) is 2.72. The van der Waals surface area contributed by atoms with Crippen LogP contribution in [0, 0.1) is 0 Å². The van der Waals surface area contributed by atoms with Gasteiger partial charge in [0.05, 0.1) is 10.5 Å². The van der Waals surface area contributed by atoms with Gasteiger partial charge < -0.3 is 16.0 Å². The van der Waals surface area contributed by atoms with Gasteiger partial charge in [-0.15, -0.1) is 0 Å². The summed E-state index contributed by atoms with van der Waals surface area (Å²) in [5, 5.41) is 2.82. The van der Waals surface area contributed by atoms with Crippen molar-refractivity contribution in [2.24, 2.45) is 5.73 Å². The lowest BCUT2D eigenvalue weighted by Crippen LogP contribution is -2.30. The van der Waals surface area contributed by atoms with Crippen molar-refractivity contribution in [1.29, 1.82) is 0 Å². The number of nitrogens with two attached hydrogens (primary N) is 1. The highest BCUT2D eigenvalue weighted by atomic mass is 32.2. The van der Waals surface area contributed by atoms with Gasteiger partial charge in [-0.3, -0.25) is 4.79 Å². The summed E-state index contributed by atoms with van der Waals surface area (Å²) in [6.07, 6.45) is 2.83. The number of carbonyl (C=O) groups excluding carboxylic acids is 1. The summed E-state index contributed by atoms with van der Waals surface area (Å²) in [6, 6.07) is 4.78. The lowest BCUT2D eigenvalue weighted by molar-refractivity contribution is 0.0954. The van der Waals surface area contributed by atoms with Crippen molar-refractivity contribution in [3.63, 3.8) is 0 Å². The standard InChI is InChI=1S/C16H26N4O3S/c1-19(2)24(22,23)13-6-7-15(20-10-3-4-11-20)14(12-13)16(21)18-9-5-8-17/h6-7,12H,3-5,8-11,17H2,1-2H3,(H,18,21). The summed E-state index contributed by atoms with van der Waals surface area (Å²) < 4.78 is 25.9. The zero-order valence-electron chi connectivity index (χ0n) is 14.3. The van der Waals surface area contributed by atoms with Gasteiger partial charge >= 0.3 is 0 Å². The van der Waals surface area contributed by atoms with Crippen LogP contribution >= 0.6 is 0 Å². The molecule has 1 aliphatic heterocycles. The number of rotatable bonds is 7. The Hall–Kier alpha value is -1.64. The second-order valence-electron chi connectivity index (χ2n) is 6.06. The van der Waals surface area contributed by atoms with E-state index in [2.05, 4.69) is 10.2 Å². The number of anilines is 1. The van der Waals surface area contributed by atoms with Gasteiger partial charge in [0.25, 0.3) is 5.91 Å². The molecule has 1 aromatic carbocycles. The number of benzene rings is 1. The molecule has 2 rings (SSSR count). The summed E-state index contributed by atoms with van der Waals surface area (Å²) >= 11 is 0. The molecule has 0 atom stereocenters. The molecule has 1 fully saturated rings. The third kappa shape index (κ3) is 4.06. The molecular weight excluding hydrogens is 328 g/mol. The SMILES string of the molecule is CN(C)S(=O)(=O)c1ccc(N2CCCC2)c(C(=O)NCCCN)c1. The quantitative estimate of drug-likeness (QED) is 0.700. The van der Waals surface area contributed by atoms with Crippen molar-refractivity contribution in [3.05, 3.63) is 23.8 Å². The predicted molar refractivity (Wildman–Crippen MR) is 94.8 cm³/mol. The van der Waals surface area contributed by atoms with E-state index < -0.39 is 10.0 Å².